The van der Waals surface area contributed by atoms with Crippen LogP contribution in [0, 0.1) is 34.5 Å². The van der Waals surface area contributed by atoms with Crippen molar-refractivity contribution in [3.05, 3.63) is 0 Å². The van der Waals surface area contributed by atoms with Gasteiger partial charge in [-0.05, 0) is 92.3 Å². The Balaban J connectivity index is 1.53. The summed E-state index contributed by atoms with van der Waals surface area (Å²) in [6, 6.07) is 0. The lowest BCUT2D eigenvalue weighted by Gasteiger charge is -2.60. The summed E-state index contributed by atoms with van der Waals surface area (Å²) >= 11 is 0. The summed E-state index contributed by atoms with van der Waals surface area (Å²) in [6.45, 7) is 6.64. The Hall–Kier alpha value is -0.570. The number of rotatable bonds is 2. The highest BCUT2D eigenvalue weighted by molar-refractivity contribution is 5.66. The summed E-state index contributed by atoms with van der Waals surface area (Å²) in [6.07, 6.45) is 12.1. The van der Waals surface area contributed by atoms with Crippen LogP contribution in [-0.2, 0) is 14.3 Å². The van der Waals surface area contributed by atoms with Gasteiger partial charge in [-0.25, -0.2) is 0 Å². The zero-order chi connectivity index (χ0) is 17.8. The Morgan fingerprint density at radius 3 is 2.36 bits per heavy atom. The number of carbonyl (C=O) groups excluding carboxylic acids is 1. The Kier molecular flexibility index (Phi) is 4.46. The van der Waals surface area contributed by atoms with Gasteiger partial charge in [-0.15, -0.1) is 0 Å². The molecule has 0 bridgehead atoms. The van der Waals surface area contributed by atoms with Crippen LogP contribution in [0.3, 0.4) is 0 Å². The lowest BCUT2D eigenvalue weighted by atomic mass is 9.45. The largest absolute Gasteiger partial charge is 0.463 e. The van der Waals surface area contributed by atoms with Crippen LogP contribution in [0.1, 0.15) is 78.6 Å². The second kappa shape index (κ2) is 6.25. The maximum Gasteiger partial charge on any atom is 0.302 e. The van der Waals surface area contributed by atoms with Crippen LogP contribution in [0.15, 0.2) is 0 Å². The highest BCUT2D eigenvalue weighted by Gasteiger charge is 2.60. The number of ether oxygens (including phenoxy) is 2. The second-order valence-corrected chi connectivity index (χ2v) is 10.0. The van der Waals surface area contributed by atoms with E-state index in [4.69, 9.17) is 9.47 Å². The molecule has 25 heavy (non-hydrogen) atoms. The molecular weight excluding hydrogens is 312 g/mol. The molecule has 3 nitrogen and oxygen atoms in total. The predicted molar refractivity (Wildman–Crippen MR) is 98.1 cm³/mol. The minimum atomic E-state index is -0.104. The molecular formula is C22H36O3. The zero-order valence-electron chi connectivity index (χ0n) is 16.6. The summed E-state index contributed by atoms with van der Waals surface area (Å²) in [4.78, 5) is 11.4. The van der Waals surface area contributed by atoms with E-state index in [0.717, 1.165) is 36.5 Å². The van der Waals surface area contributed by atoms with E-state index in [-0.39, 0.29) is 12.1 Å². The van der Waals surface area contributed by atoms with Crippen molar-refractivity contribution in [1.29, 1.82) is 0 Å². The first-order chi connectivity index (χ1) is 11.9. The molecule has 0 spiro atoms. The number of hydrogen-bond donors (Lipinski definition) is 0. The van der Waals surface area contributed by atoms with Gasteiger partial charge in [0, 0.05) is 14.0 Å². The fourth-order valence-corrected chi connectivity index (χ4v) is 7.90. The fraction of sp³-hybridized carbons (Fsp3) is 0.955. The monoisotopic (exact) mass is 348 g/mol. The van der Waals surface area contributed by atoms with E-state index in [1.54, 1.807) is 6.92 Å². The van der Waals surface area contributed by atoms with Crippen LogP contribution in [0.2, 0.25) is 0 Å². The maximum absolute atomic E-state index is 11.4. The molecule has 4 rings (SSSR count). The number of carbonyl (C=O) groups is 1. The molecule has 8 atom stereocenters. The van der Waals surface area contributed by atoms with Crippen LogP contribution in [0.5, 0.6) is 0 Å². The Labute approximate surface area is 153 Å². The van der Waals surface area contributed by atoms with Crippen molar-refractivity contribution < 1.29 is 14.3 Å². The Morgan fingerprint density at radius 2 is 1.64 bits per heavy atom. The minimum Gasteiger partial charge on any atom is -0.463 e. The van der Waals surface area contributed by atoms with E-state index >= 15 is 0 Å². The fourth-order valence-electron chi connectivity index (χ4n) is 7.90. The molecule has 0 aliphatic heterocycles. The van der Waals surface area contributed by atoms with Crippen molar-refractivity contribution in [1.82, 2.24) is 0 Å². The van der Waals surface area contributed by atoms with Gasteiger partial charge in [0.2, 0.25) is 0 Å². The minimum absolute atomic E-state index is 0.104. The first-order valence-electron chi connectivity index (χ1n) is 10.6. The molecule has 0 unspecified atom stereocenters. The van der Waals surface area contributed by atoms with Gasteiger partial charge in [0.25, 0.3) is 0 Å². The first-order valence-corrected chi connectivity index (χ1v) is 10.6. The molecule has 0 aromatic carbocycles. The van der Waals surface area contributed by atoms with Gasteiger partial charge in [-0.2, -0.15) is 0 Å². The normalized spacial score (nSPS) is 52.0. The Bertz CT molecular complexity index is 531. The topological polar surface area (TPSA) is 35.5 Å². The molecule has 142 valence electrons. The van der Waals surface area contributed by atoms with Crippen LogP contribution >= 0.6 is 0 Å². The summed E-state index contributed by atoms with van der Waals surface area (Å²) in [5.74, 6) is 3.27. The van der Waals surface area contributed by atoms with Crippen LogP contribution in [0.25, 0.3) is 0 Å². The van der Waals surface area contributed by atoms with Crippen molar-refractivity contribution in [3.8, 4) is 0 Å². The first kappa shape index (κ1) is 17.8. The zero-order valence-corrected chi connectivity index (χ0v) is 16.6. The predicted octanol–water partition coefficient (Wildman–Crippen LogP) is 4.98. The lowest BCUT2D eigenvalue weighted by molar-refractivity contribution is -0.162. The van der Waals surface area contributed by atoms with E-state index in [1.807, 2.05) is 7.11 Å². The van der Waals surface area contributed by atoms with Gasteiger partial charge in [0.05, 0.1) is 6.10 Å². The average Bonchev–Trinajstić information content (AvgIpc) is 2.91. The quantitative estimate of drug-likeness (QED) is 0.661. The van der Waals surface area contributed by atoms with Crippen molar-refractivity contribution in [2.24, 2.45) is 34.5 Å². The van der Waals surface area contributed by atoms with Gasteiger partial charge in [0.15, 0.2) is 0 Å². The number of fused-ring (bicyclic) bond motifs is 5. The number of esters is 1. The lowest BCUT2D eigenvalue weighted by Crippen LogP contribution is -2.54. The summed E-state index contributed by atoms with van der Waals surface area (Å²) < 4.78 is 11.5. The van der Waals surface area contributed by atoms with Crippen LogP contribution in [-0.4, -0.2) is 25.3 Å². The van der Waals surface area contributed by atoms with Crippen LogP contribution < -0.4 is 0 Å². The Morgan fingerprint density at radius 1 is 0.920 bits per heavy atom. The molecule has 0 aromatic rings. The van der Waals surface area contributed by atoms with E-state index in [9.17, 15) is 4.79 Å². The molecule has 0 amide bonds. The highest BCUT2D eigenvalue weighted by Crippen LogP contribution is 2.66. The SMILES string of the molecule is CO[C@H]1CC[C@H]2[C@@H]3CC[C@H]4C[C@@H](OC(C)=O)CC[C@]4(C)[C@H]3CC[C@]12C. The van der Waals surface area contributed by atoms with E-state index in [0.29, 0.717) is 16.9 Å². The third kappa shape index (κ3) is 2.67. The van der Waals surface area contributed by atoms with Gasteiger partial charge in [-0.3, -0.25) is 4.79 Å². The molecule has 4 aliphatic rings. The van der Waals surface area contributed by atoms with E-state index in [2.05, 4.69) is 13.8 Å². The third-order valence-electron chi connectivity index (χ3n) is 9.15. The third-order valence-corrected chi connectivity index (χ3v) is 9.15. The molecule has 0 N–H and O–H groups in total. The van der Waals surface area contributed by atoms with E-state index in [1.165, 1.54) is 44.9 Å². The van der Waals surface area contributed by atoms with Gasteiger partial charge in [-0.1, -0.05) is 13.8 Å². The average molecular weight is 349 g/mol. The second-order valence-electron chi connectivity index (χ2n) is 10.0. The molecule has 3 heteroatoms. The number of methoxy groups -OCH3 is 1. The van der Waals surface area contributed by atoms with Gasteiger partial charge in [0.1, 0.15) is 6.10 Å². The highest BCUT2D eigenvalue weighted by atomic mass is 16.5. The number of hydrogen-bond acceptors (Lipinski definition) is 3. The summed E-state index contributed by atoms with van der Waals surface area (Å²) in [5.41, 5.74) is 0.875. The molecule has 0 saturated heterocycles. The van der Waals surface area contributed by atoms with Crippen molar-refractivity contribution >= 4 is 5.97 Å². The van der Waals surface area contributed by atoms with E-state index < -0.39 is 0 Å². The molecule has 0 aromatic heterocycles. The van der Waals surface area contributed by atoms with Crippen LogP contribution in [0.4, 0.5) is 0 Å². The molecule has 4 saturated carbocycles. The molecule has 0 heterocycles. The van der Waals surface area contributed by atoms with Crippen molar-refractivity contribution in [3.63, 3.8) is 0 Å². The summed E-state index contributed by atoms with van der Waals surface area (Å²) in [7, 11) is 1.92. The molecule has 4 fully saturated rings. The maximum atomic E-state index is 11.4. The smallest absolute Gasteiger partial charge is 0.302 e. The van der Waals surface area contributed by atoms with Crippen molar-refractivity contribution in [2.45, 2.75) is 90.8 Å². The molecule has 4 aliphatic carbocycles. The van der Waals surface area contributed by atoms with Gasteiger partial charge >= 0.3 is 5.97 Å². The van der Waals surface area contributed by atoms with Gasteiger partial charge < -0.3 is 9.47 Å². The standard InChI is InChI=1S/C22H36O3/c1-14(23)25-16-9-11-21(2)15(13-16)5-6-17-18-7-8-20(24-4)22(18,3)12-10-19(17)21/h15-20H,5-13H2,1-4H3/t15-,16-,17-,18-,19-,20-,21-,22-/m0/s1. The summed E-state index contributed by atoms with van der Waals surface area (Å²) in [5, 5.41) is 0. The van der Waals surface area contributed by atoms with Crippen molar-refractivity contribution in [2.75, 3.05) is 7.11 Å². The molecule has 0 radical (unpaired) electrons.